The van der Waals surface area contributed by atoms with Crippen LogP contribution in [0, 0.1) is 10.1 Å². The molecule has 0 bridgehead atoms. The number of halogens is 1. The van der Waals surface area contributed by atoms with Gasteiger partial charge in [-0.3, -0.25) is 10.1 Å². The monoisotopic (exact) mass is 193 g/mol. The van der Waals surface area contributed by atoms with Crippen molar-refractivity contribution in [2.75, 3.05) is 0 Å². The van der Waals surface area contributed by atoms with Gasteiger partial charge < -0.3 is 0 Å². The Bertz CT molecular complexity index is 243. The molecule has 0 aromatic heterocycles. The Morgan fingerprint density at radius 1 is 1.67 bits per heavy atom. The molecule has 0 rings (SSSR count). The van der Waals surface area contributed by atoms with Gasteiger partial charge in [0.05, 0.1) is 11.0 Å². The first-order valence-electron chi connectivity index (χ1n) is 3.15. The van der Waals surface area contributed by atoms with Gasteiger partial charge in [-0.1, -0.05) is 0 Å². The number of rotatable bonds is 3. The van der Waals surface area contributed by atoms with E-state index < -0.39 is 4.92 Å². The van der Waals surface area contributed by atoms with Crippen LogP contribution in [0.2, 0.25) is 0 Å². The molecule has 0 aliphatic heterocycles. The molecule has 0 aromatic rings. The molecule has 0 fully saturated rings. The number of hydrogen-bond donors (Lipinski definition) is 2. The van der Waals surface area contributed by atoms with Crippen LogP contribution in [-0.2, 0) is 0 Å². The van der Waals surface area contributed by atoms with Crippen LogP contribution in [0.4, 0.5) is 0 Å². The van der Waals surface area contributed by atoms with Crippen molar-refractivity contribution >= 4 is 11.6 Å². The molecule has 0 atom stereocenters. The summed E-state index contributed by atoms with van der Waals surface area (Å²) in [5.74, 6) is 0. The van der Waals surface area contributed by atoms with Crippen LogP contribution < -0.4 is 5.48 Å². The van der Waals surface area contributed by atoms with E-state index in [0.717, 1.165) is 6.08 Å². The molecule has 6 heteroatoms. The van der Waals surface area contributed by atoms with Crippen LogP contribution in [-0.4, -0.2) is 10.1 Å². The Morgan fingerprint density at radius 3 is 2.42 bits per heavy atom. The predicted octanol–water partition coefficient (Wildman–Crippen LogP) is 0.590. The lowest BCUT2D eigenvalue weighted by Gasteiger charge is -1.93. The van der Waals surface area contributed by atoms with E-state index in [9.17, 15) is 10.1 Å². The van der Waals surface area contributed by atoms with Crippen LogP contribution in [0.1, 0.15) is 13.8 Å². The molecule has 0 aliphatic rings. The minimum absolute atomic E-state index is 0.0668. The van der Waals surface area contributed by atoms with E-state index in [4.69, 9.17) is 16.8 Å². The Hall–Kier alpha value is -0.910. The largest absolute Gasteiger partial charge is 0.275 e. The molecule has 0 heterocycles. The maximum absolute atomic E-state index is 10.3. The molecule has 0 spiro atoms. The fourth-order valence-electron chi connectivity index (χ4n) is 0.547. The smallest absolute Gasteiger partial charge is 0.258 e. The van der Waals surface area contributed by atoms with Gasteiger partial charge >= 0.3 is 0 Å². The number of nitrogens with two attached hydrogens (primary N) is 1. The summed E-state index contributed by atoms with van der Waals surface area (Å²) in [4.78, 5) is 9.79. The Labute approximate surface area is 74.4 Å². The summed E-state index contributed by atoms with van der Waals surface area (Å²) < 4.78 is 0. The second-order valence-corrected chi connectivity index (χ2v) is 2.74. The minimum Gasteiger partial charge on any atom is -0.258 e. The maximum Gasteiger partial charge on any atom is 0.275 e. The minimum atomic E-state index is -0.554. The molecule has 0 saturated heterocycles. The van der Waals surface area contributed by atoms with Crippen molar-refractivity contribution in [1.29, 1.82) is 0 Å². The van der Waals surface area contributed by atoms with Crippen molar-refractivity contribution in [3.8, 4) is 0 Å². The third-order valence-corrected chi connectivity index (χ3v) is 1.31. The first-order chi connectivity index (χ1) is 5.49. The summed E-state index contributed by atoms with van der Waals surface area (Å²) in [6.45, 7) is 3.19. The highest BCUT2D eigenvalue weighted by atomic mass is 35.5. The lowest BCUT2D eigenvalue weighted by Crippen LogP contribution is -2.77. The van der Waals surface area contributed by atoms with Gasteiger partial charge in [-0.15, -0.1) is 0 Å². The van der Waals surface area contributed by atoms with Crippen molar-refractivity contribution in [1.82, 2.24) is 0 Å². The Morgan fingerprint density at radius 2 is 2.17 bits per heavy atom. The summed E-state index contributed by atoms with van der Waals surface area (Å²) in [5, 5.41) is 18.7. The third-order valence-electron chi connectivity index (χ3n) is 1.11. The maximum atomic E-state index is 10.3. The second-order valence-electron chi connectivity index (χ2n) is 2.30. The van der Waals surface area contributed by atoms with E-state index in [1.54, 1.807) is 13.8 Å². The van der Waals surface area contributed by atoms with E-state index in [-0.39, 0.29) is 10.9 Å². The van der Waals surface area contributed by atoms with E-state index in [0.29, 0.717) is 11.1 Å². The standard InChI is InChI=1S/C6H9ClN2O3/c1-4(2)5(9(11)12)3-6(7)8-10/h3,8,10H,1-2H3/p+1/b6-3-. The first kappa shape index (κ1) is 11.1. The fraction of sp³-hybridized carbons (Fsp3) is 0.333. The van der Waals surface area contributed by atoms with Crippen molar-refractivity contribution < 1.29 is 15.6 Å². The van der Waals surface area contributed by atoms with Crippen LogP contribution >= 0.6 is 11.6 Å². The zero-order valence-electron chi connectivity index (χ0n) is 6.74. The van der Waals surface area contributed by atoms with E-state index in [2.05, 4.69) is 0 Å². The molecule has 0 unspecified atom stereocenters. The van der Waals surface area contributed by atoms with Gasteiger partial charge in [0.15, 0.2) is 0 Å². The van der Waals surface area contributed by atoms with E-state index in [1.165, 1.54) is 0 Å². The third kappa shape index (κ3) is 3.47. The summed E-state index contributed by atoms with van der Waals surface area (Å²) >= 11 is 5.37. The van der Waals surface area contributed by atoms with Gasteiger partial charge in [-0.2, -0.15) is 5.48 Å². The number of quaternary nitrogens is 1. The van der Waals surface area contributed by atoms with Crippen molar-refractivity contribution in [3.63, 3.8) is 0 Å². The highest BCUT2D eigenvalue weighted by Gasteiger charge is 2.11. The lowest BCUT2D eigenvalue weighted by atomic mass is 10.2. The molecular formula is C6H10ClN2O3+. The predicted molar refractivity (Wildman–Crippen MR) is 43.0 cm³/mol. The van der Waals surface area contributed by atoms with Gasteiger partial charge in [0, 0.05) is 5.57 Å². The number of nitrogens with zero attached hydrogens (tertiary/aromatic N) is 1. The molecule has 0 aromatic carbocycles. The topological polar surface area (TPSA) is 80.0 Å². The van der Waals surface area contributed by atoms with Crippen LogP contribution in [0.5, 0.6) is 0 Å². The van der Waals surface area contributed by atoms with Crippen molar-refractivity contribution in [3.05, 3.63) is 32.6 Å². The van der Waals surface area contributed by atoms with Gasteiger partial charge in [-0.25, -0.2) is 5.21 Å². The molecule has 0 radical (unpaired) electrons. The van der Waals surface area contributed by atoms with Gasteiger partial charge in [0.1, 0.15) is 0 Å². The molecule has 0 aliphatic carbocycles. The first-order valence-corrected chi connectivity index (χ1v) is 3.53. The molecule has 68 valence electrons. The van der Waals surface area contributed by atoms with Gasteiger partial charge in [-0.05, 0) is 25.4 Å². The summed E-state index contributed by atoms with van der Waals surface area (Å²) in [7, 11) is 0. The summed E-state index contributed by atoms with van der Waals surface area (Å²) in [6, 6.07) is 0. The lowest BCUT2D eigenvalue weighted by molar-refractivity contribution is -0.844. The quantitative estimate of drug-likeness (QED) is 0.298. The number of allylic oxidation sites excluding steroid dienone is 2. The van der Waals surface area contributed by atoms with Gasteiger partial charge in [0.2, 0.25) is 5.16 Å². The van der Waals surface area contributed by atoms with Crippen LogP contribution in [0.15, 0.2) is 22.5 Å². The molecule has 0 amide bonds. The average Bonchev–Trinajstić information content (AvgIpc) is 1.98. The van der Waals surface area contributed by atoms with Crippen LogP contribution in [0.3, 0.4) is 0 Å². The Kier molecular flexibility index (Phi) is 4.50. The van der Waals surface area contributed by atoms with Crippen LogP contribution in [0.25, 0.3) is 0 Å². The highest BCUT2D eigenvalue weighted by molar-refractivity contribution is 6.27. The number of hydroxylamine groups is 1. The van der Waals surface area contributed by atoms with Gasteiger partial charge in [0.25, 0.3) is 5.70 Å². The average molecular weight is 194 g/mol. The number of hydrogen-bond acceptors (Lipinski definition) is 3. The fourth-order valence-corrected chi connectivity index (χ4v) is 0.651. The summed E-state index contributed by atoms with van der Waals surface area (Å²) in [5.41, 5.74) is 1.03. The SMILES string of the molecule is CC(C)=C(/C=C(/Cl)[NH2+]O)[N+](=O)[O-]. The molecule has 12 heavy (non-hydrogen) atoms. The van der Waals surface area contributed by atoms with Crippen molar-refractivity contribution in [2.45, 2.75) is 13.8 Å². The van der Waals surface area contributed by atoms with Crippen molar-refractivity contribution in [2.24, 2.45) is 0 Å². The zero-order valence-corrected chi connectivity index (χ0v) is 7.50. The molecular weight excluding hydrogens is 184 g/mol. The molecule has 3 N–H and O–H groups in total. The summed E-state index contributed by atoms with van der Waals surface area (Å²) in [6.07, 6.45) is 1.09. The Balaban J connectivity index is 4.82. The van der Waals surface area contributed by atoms with E-state index in [1.807, 2.05) is 0 Å². The highest BCUT2D eigenvalue weighted by Crippen LogP contribution is 2.07. The molecule has 5 nitrogen and oxygen atoms in total. The molecule has 0 saturated carbocycles. The van der Waals surface area contributed by atoms with E-state index >= 15 is 0 Å². The zero-order chi connectivity index (χ0) is 9.72. The second kappa shape index (κ2) is 4.87. The number of nitro groups is 1. The normalized spacial score (nSPS) is 11.2.